The molecule has 28 heavy (non-hydrogen) atoms. The average Bonchev–Trinajstić information content (AvgIpc) is 3.04. The van der Waals surface area contributed by atoms with Crippen LogP contribution < -0.4 is 0 Å². The molecule has 0 aliphatic heterocycles. The second-order valence-corrected chi connectivity index (χ2v) is 11.5. The lowest BCUT2D eigenvalue weighted by Crippen LogP contribution is -2.48. The van der Waals surface area contributed by atoms with E-state index in [4.69, 9.17) is 0 Å². The van der Waals surface area contributed by atoms with Gasteiger partial charge in [0, 0.05) is 0 Å². The van der Waals surface area contributed by atoms with E-state index in [1.165, 1.54) is 64.2 Å². The van der Waals surface area contributed by atoms with E-state index in [1.807, 2.05) is 12.5 Å². The smallest absolute Gasteiger partial charge is 0.0639 e. The molecule has 1 N–H and O–H groups in total. The Kier molecular flexibility index (Phi) is 5.87. The molecule has 0 saturated heterocycles. The van der Waals surface area contributed by atoms with Crippen molar-refractivity contribution in [2.24, 2.45) is 40.4 Å². The van der Waals surface area contributed by atoms with Crippen molar-refractivity contribution in [1.82, 2.24) is 0 Å². The second-order valence-electron chi connectivity index (χ2n) is 11.5. The highest BCUT2D eigenvalue weighted by Crippen LogP contribution is 2.66. The number of hydrogen-bond acceptors (Lipinski definition) is 1. The van der Waals surface area contributed by atoms with E-state index in [2.05, 4.69) is 32.9 Å². The molecule has 0 radical (unpaired) electrons. The average molecular weight is 385 g/mol. The summed E-state index contributed by atoms with van der Waals surface area (Å²) in [5, 5.41) is 9.25. The minimum Gasteiger partial charge on any atom is -0.392 e. The van der Waals surface area contributed by atoms with Crippen LogP contribution in [0.1, 0.15) is 98.3 Å². The molecule has 0 aromatic carbocycles. The van der Waals surface area contributed by atoms with Crippen LogP contribution in [0, 0.1) is 40.4 Å². The van der Waals surface area contributed by atoms with Gasteiger partial charge in [-0.1, -0.05) is 56.9 Å². The number of fused-ring (bicyclic) bond motifs is 5. The van der Waals surface area contributed by atoms with Crippen molar-refractivity contribution >= 4 is 0 Å². The monoisotopic (exact) mass is 384 g/mol. The molecule has 0 spiro atoms. The first-order valence-corrected chi connectivity index (χ1v) is 12.4. The molecule has 0 aromatic rings. The van der Waals surface area contributed by atoms with Gasteiger partial charge in [0.25, 0.3) is 0 Å². The number of hydrogen-bond donors (Lipinski definition) is 1. The van der Waals surface area contributed by atoms with Crippen LogP contribution in [-0.2, 0) is 0 Å². The molecule has 3 saturated carbocycles. The molecule has 1 heteroatoms. The van der Waals surface area contributed by atoms with Crippen LogP contribution in [0.25, 0.3) is 0 Å². The highest BCUT2D eigenvalue weighted by molar-refractivity contribution is 5.27. The Bertz CT molecular complexity index is 630. The van der Waals surface area contributed by atoms with Gasteiger partial charge in [-0.05, 0) is 105 Å². The van der Waals surface area contributed by atoms with Crippen LogP contribution in [0.4, 0.5) is 0 Å². The highest BCUT2D eigenvalue weighted by Gasteiger charge is 2.57. The zero-order chi connectivity index (χ0) is 19.9. The van der Waals surface area contributed by atoms with Gasteiger partial charge < -0.3 is 5.11 Å². The van der Waals surface area contributed by atoms with Crippen molar-refractivity contribution < 1.29 is 5.11 Å². The fourth-order valence-electron chi connectivity index (χ4n) is 8.38. The summed E-state index contributed by atoms with van der Waals surface area (Å²) in [4.78, 5) is 0. The van der Waals surface area contributed by atoms with E-state index < -0.39 is 0 Å². The lowest BCUT2D eigenvalue weighted by molar-refractivity contribution is -0.00777. The zero-order valence-electron chi connectivity index (χ0n) is 19.0. The van der Waals surface area contributed by atoms with E-state index in [9.17, 15) is 5.11 Å². The first kappa shape index (κ1) is 20.7. The molecule has 158 valence electrons. The summed E-state index contributed by atoms with van der Waals surface area (Å²) >= 11 is 0. The molecule has 7 atom stereocenters. The topological polar surface area (TPSA) is 20.2 Å². The first-order valence-electron chi connectivity index (χ1n) is 12.4. The summed E-state index contributed by atoms with van der Waals surface area (Å²) in [5.74, 6) is 4.43. The molecule has 0 amide bonds. The molecule has 2 unspecified atom stereocenters. The van der Waals surface area contributed by atoms with Crippen molar-refractivity contribution in [3.8, 4) is 0 Å². The number of aliphatic hydroxyl groups is 1. The number of rotatable bonds is 5. The Balaban J connectivity index is 1.49. The molecular weight excluding hydrogens is 340 g/mol. The summed E-state index contributed by atoms with van der Waals surface area (Å²) in [6.45, 7) is 10.1. The molecule has 4 rings (SSSR count). The van der Waals surface area contributed by atoms with Crippen molar-refractivity contribution in [3.63, 3.8) is 0 Å². The highest BCUT2D eigenvalue weighted by atomic mass is 16.3. The minimum atomic E-state index is 0.215. The third-order valence-electron chi connectivity index (χ3n) is 10.1. The van der Waals surface area contributed by atoms with Gasteiger partial charge in [0.15, 0.2) is 0 Å². The van der Waals surface area contributed by atoms with Crippen molar-refractivity contribution in [3.05, 3.63) is 23.3 Å². The van der Waals surface area contributed by atoms with Crippen molar-refractivity contribution in [2.75, 3.05) is 6.61 Å². The molecule has 3 fully saturated rings. The first-order chi connectivity index (χ1) is 13.4. The molecule has 0 bridgehead atoms. The predicted molar refractivity (Wildman–Crippen MR) is 119 cm³/mol. The zero-order valence-corrected chi connectivity index (χ0v) is 19.0. The summed E-state index contributed by atoms with van der Waals surface area (Å²) in [6, 6.07) is 0. The van der Waals surface area contributed by atoms with Gasteiger partial charge in [-0.15, -0.1) is 0 Å². The minimum absolute atomic E-state index is 0.215. The Hall–Kier alpha value is -0.560. The van der Waals surface area contributed by atoms with Crippen LogP contribution in [0.3, 0.4) is 0 Å². The summed E-state index contributed by atoms with van der Waals surface area (Å²) in [6.07, 6.45) is 20.5. The number of allylic oxidation sites excluding steroid dienone is 3. The largest absolute Gasteiger partial charge is 0.392 e. The van der Waals surface area contributed by atoms with Crippen molar-refractivity contribution in [2.45, 2.75) is 98.3 Å². The van der Waals surface area contributed by atoms with Gasteiger partial charge in [-0.25, -0.2) is 0 Å². The molecule has 1 nitrogen and oxygen atoms in total. The SMILES string of the molecule is CC(=CCCC(C)[C@H]1CC[C@H]2C3=CCC4CCCC[C@]4(C)[C@H]3CC[C@]12C)CO. The lowest BCUT2D eigenvalue weighted by Gasteiger charge is -2.57. The predicted octanol–water partition coefficient (Wildman–Crippen LogP) is 7.31. The Labute approximate surface area is 174 Å². The Morgan fingerprint density at radius 1 is 1.11 bits per heavy atom. The van der Waals surface area contributed by atoms with Crippen LogP contribution in [0.5, 0.6) is 0 Å². The van der Waals surface area contributed by atoms with Gasteiger partial charge >= 0.3 is 0 Å². The van der Waals surface area contributed by atoms with Crippen LogP contribution in [0.2, 0.25) is 0 Å². The molecule has 0 heterocycles. The lowest BCUT2D eigenvalue weighted by atomic mass is 9.48. The summed E-state index contributed by atoms with van der Waals surface area (Å²) < 4.78 is 0. The molecule has 4 aliphatic carbocycles. The van der Waals surface area contributed by atoms with Gasteiger partial charge in [-0.2, -0.15) is 0 Å². The van der Waals surface area contributed by atoms with Crippen LogP contribution in [-0.4, -0.2) is 11.7 Å². The maximum atomic E-state index is 9.25. The van der Waals surface area contributed by atoms with E-state index in [-0.39, 0.29) is 6.61 Å². The Morgan fingerprint density at radius 3 is 2.68 bits per heavy atom. The third kappa shape index (κ3) is 3.34. The Morgan fingerprint density at radius 2 is 1.89 bits per heavy atom. The van der Waals surface area contributed by atoms with E-state index in [1.54, 1.807) is 0 Å². The van der Waals surface area contributed by atoms with Gasteiger partial charge in [0.1, 0.15) is 0 Å². The third-order valence-corrected chi connectivity index (χ3v) is 10.1. The quantitative estimate of drug-likeness (QED) is 0.493. The fourth-order valence-corrected chi connectivity index (χ4v) is 8.38. The van der Waals surface area contributed by atoms with Crippen LogP contribution >= 0.6 is 0 Å². The maximum Gasteiger partial charge on any atom is 0.0639 e. The molecular formula is C27H44O. The van der Waals surface area contributed by atoms with Gasteiger partial charge in [-0.3, -0.25) is 0 Å². The standard InChI is InChI=1S/C27H44O/c1-19(18-28)8-7-9-20(2)23-13-14-24-22-12-11-21-10-5-6-16-26(21,3)25(22)15-17-27(23,24)4/h8,12,20-21,23-25,28H,5-7,9-11,13-18H2,1-4H3/t20?,21?,23-,24+,25+,26+,27-/m1/s1. The van der Waals surface area contributed by atoms with Crippen molar-refractivity contribution in [1.29, 1.82) is 0 Å². The van der Waals surface area contributed by atoms with E-state index >= 15 is 0 Å². The second kappa shape index (κ2) is 7.93. The fraction of sp³-hybridized carbons (Fsp3) is 0.852. The van der Waals surface area contributed by atoms with Gasteiger partial charge in [0.05, 0.1) is 6.61 Å². The summed E-state index contributed by atoms with van der Waals surface area (Å²) in [7, 11) is 0. The number of aliphatic hydroxyl groups excluding tert-OH is 1. The van der Waals surface area contributed by atoms with E-state index in [0.29, 0.717) is 10.8 Å². The van der Waals surface area contributed by atoms with E-state index in [0.717, 1.165) is 41.6 Å². The van der Waals surface area contributed by atoms with Crippen LogP contribution in [0.15, 0.2) is 23.3 Å². The maximum absolute atomic E-state index is 9.25. The molecule has 4 aliphatic rings. The summed E-state index contributed by atoms with van der Waals surface area (Å²) in [5.41, 5.74) is 4.20. The molecule has 0 aromatic heterocycles. The van der Waals surface area contributed by atoms with Gasteiger partial charge in [0.2, 0.25) is 0 Å². The normalized spacial score (nSPS) is 44.3.